The first kappa shape index (κ1) is 14.9. The number of nitrogens with one attached hydrogen (secondary N) is 1. The molecule has 20 heavy (non-hydrogen) atoms. The number of para-hydroxylation sites is 1. The Morgan fingerprint density at radius 3 is 2.80 bits per heavy atom. The predicted octanol–water partition coefficient (Wildman–Crippen LogP) is 1.95. The molecule has 1 aliphatic heterocycles. The molecular weight excluding hydrogens is 259 g/mol. The van der Waals surface area contributed by atoms with E-state index >= 15 is 0 Å². The molecule has 5 heteroatoms. The van der Waals surface area contributed by atoms with Gasteiger partial charge in [0, 0.05) is 7.05 Å². The van der Waals surface area contributed by atoms with Gasteiger partial charge >= 0.3 is 0 Å². The highest BCUT2D eigenvalue weighted by Gasteiger charge is 2.16. The average Bonchev–Trinajstić information content (AvgIpc) is 2.48. The van der Waals surface area contributed by atoms with E-state index < -0.39 is 0 Å². The van der Waals surface area contributed by atoms with Crippen LogP contribution in [0.1, 0.15) is 19.3 Å². The molecule has 1 fully saturated rings. The van der Waals surface area contributed by atoms with E-state index in [1.54, 1.807) is 25.2 Å². The summed E-state index contributed by atoms with van der Waals surface area (Å²) in [5.41, 5.74) is 0.305. The molecule has 2 rings (SSSR count). The van der Waals surface area contributed by atoms with E-state index in [1.165, 1.54) is 11.0 Å². The van der Waals surface area contributed by atoms with Gasteiger partial charge in [-0.3, -0.25) is 4.79 Å². The molecule has 0 atom stereocenters. The third kappa shape index (κ3) is 4.02. The van der Waals surface area contributed by atoms with Crippen LogP contribution in [0.2, 0.25) is 0 Å². The van der Waals surface area contributed by atoms with Crippen molar-refractivity contribution in [3.8, 4) is 0 Å². The Bertz CT molecular complexity index is 447. The van der Waals surface area contributed by atoms with E-state index in [4.69, 9.17) is 4.74 Å². The van der Waals surface area contributed by atoms with E-state index in [-0.39, 0.29) is 24.2 Å². The highest BCUT2D eigenvalue weighted by Crippen LogP contribution is 2.18. The van der Waals surface area contributed by atoms with Gasteiger partial charge in [-0.2, -0.15) is 0 Å². The molecule has 0 spiro atoms. The van der Waals surface area contributed by atoms with Crippen molar-refractivity contribution in [1.82, 2.24) is 5.32 Å². The van der Waals surface area contributed by atoms with E-state index in [1.807, 2.05) is 0 Å². The Labute approximate surface area is 118 Å². The van der Waals surface area contributed by atoms with E-state index in [2.05, 4.69) is 5.32 Å². The minimum atomic E-state index is -0.386. The summed E-state index contributed by atoms with van der Waals surface area (Å²) in [6, 6.07) is 6.27. The van der Waals surface area contributed by atoms with Crippen LogP contribution in [0.4, 0.5) is 10.1 Å². The lowest BCUT2D eigenvalue weighted by Crippen LogP contribution is -2.33. The summed E-state index contributed by atoms with van der Waals surface area (Å²) in [5.74, 6) is -0.522. The van der Waals surface area contributed by atoms with Crippen LogP contribution in [-0.4, -0.2) is 38.8 Å². The first-order chi connectivity index (χ1) is 9.68. The van der Waals surface area contributed by atoms with Crippen LogP contribution < -0.4 is 10.2 Å². The largest absolute Gasteiger partial charge is 0.378 e. The zero-order valence-corrected chi connectivity index (χ0v) is 11.8. The Balaban J connectivity index is 1.78. The molecule has 1 amide bonds. The second-order valence-electron chi connectivity index (χ2n) is 4.97. The number of anilines is 1. The van der Waals surface area contributed by atoms with Crippen LogP contribution in [0.5, 0.6) is 0 Å². The second-order valence-corrected chi connectivity index (χ2v) is 4.97. The number of piperidine rings is 1. The first-order valence-corrected chi connectivity index (χ1v) is 7.02. The number of rotatable bonds is 5. The summed E-state index contributed by atoms with van der Waals surface area (Å²) in [6.45, 7) is 2.32. The third-order valence-corrected chi connectivity index (χ3v) is 3.54. The fourth-order valence-corrected chi connectivity index (χ4v) is 2.30. The topological polar surface area (TPSA) is 41.6 Å². The summed E-state index contributed by atoms with van der Waals surface area (Å²) < 4.78 is 19.3. The lowest BCUT2D eigenvalue weighted by molar-refractivity contribution is -0.120. The van der Waals surface area contributed by atoms with Crippen LogP contribution in [0.3, 0.4) is 0 Å². The fraction of sp³-hybridized carbons (Fsp3) is 0.533. The number of carbonyl (C=O) groups is 1. The maximum atomic E-state index is 13.6. The minimum absolute atomic E-state index is 0.135. The Morgan fingerprint density at radius 1 is 1.40 bits per heavy atom. The molecule has 0 radical (unpaired) electrons. The van der Waals surface area contributed by atoms with Gasteiger partial charge in [0.2, 0.25) is 5.91 Å². The van der Waals surface area contributed by atoms with E-state index in [0.717, 1.165) is 25.9 Å². The molecule has 4 nitrogen and oxygen atoms in total. The van der Waals surface area contributed by atoms with Crippen molar-refractivity contribution in [3.05, 3.63) is 30.1 Å². The number of carbonyl (C=O) groups excluding carboxylic acids is 1. The van der Waals surface area contributed by atoms with Crippen molar-refractivity contribution in [2.24, 2.45) is 0 Å². The van der Waals surface area contributed by atoms with Crippen molar-refractivity contribution >= 4 is 11.6 Å². The van der Waals surface area contributed by atoms with Crippen LogP contribution >= 0.6 is 0 Å². The SMILES string of the molecule is CN(C(=O)CCOC1CCNCC1)c1ccccc1F. The van der Waals surface area contributed by atoms with Gasteiger partial charge in [-0.1, -0.05) is 12.1 Å². The van der Waals surface area contributed by atoms with Gasteiger partial charge in [0.15, 0.2) is 0 Å². The molecule has 0 aliphatic carbocycles. The normalized spacial score (nSPS) is 16.1. The van der Waals surface area contributed by atoms with E-state index in [9.17, 15) is 9.18 Å². The van der Waals surface area contributed by atoms with Gasteiger partial charge in [0.05, 0.1) is 24.8 Å². The Hall–Kier alpha value is -1.46. The Morgan fingerprint density at radius 2 is 2.10 bits per heavy atom. The molecule has 1 N–H and O–H groups in total. The highest BCUT2D eigenvalue weighted by atomic mass is 19.1. The maximum Gasteiger partial charge on any atom is 0.229 e. The van der Waals surface area contributed by atoms with Crippen LogP contribution in [0, 0.1) is 5.82 Å². The van der Waals surface area contributed by atoms with Crippen molar-refractivity contribution in [1.29, 1.82) is 0 Å². The van der Waals surface area contributed by atoms with Gasteiger partial charge in [0.25, 0.3) is 0 Å². The lowest BCUT2D eigenvalue weighted by atomic mass is 10.1. The lowest BCUT2D eigenvalue weighted by Gasteiger charge is -2.23. The number of nitrogens with zero attached hydrogens (tertiary/aromatic N) is 1. The summed E-state index contributed by atoms with van der Waals surface area (Å²) in [6.07, 6.45) is 2.48. The molecule has 1 aromatic carbocycles. The van der Waals surface area contributed by atoms with Crippen LogP contribution in [0.25, 0.3) is 0 Å². The van der Waals surface area contributed by atoms with Crippen molar-refractivity contribution in [2.45, 2.75) is 25.4 Å². The number of hydrogen-bond acceptors (Lipinski definition) is 3. The van der Waals surface area contributed by atoms with Gasteiger partial charge < -0.3 is 15.0 Å². The molecule has 1 aliphatic rings. The number of halogens is 1. The zero-order chi connectivity index (χ0) is 14.4. The maximum absolute atomic E-state index is 13.6. The smallest absolute Gasteiger partial charge is 0.229 e. The molecule has 0 aromatic heterocycles. The molecular formula is C15H21FN2O2. The summed E-state index contributed by atoms with van der Waals surface area (Å²) >= 11 is 0. The quantitative estimate of drug-likeness (QED) is 0.896. The van der Waals surface area contributed by atoms with Crippen molar-refractivity contribution < 1.29 is 13.9 Å². The number of hydrogen-bond donors (Lipinski definition) is 1. The Kier molecular flexibility index (Phi) is 5.49. The minimum Gasteiger partial charge on any atom is -0.378 e. The summed E-state index contributed by atoms with van der Waals surface area (Å²) in [4.78, 5) is 13.4. The van der Waals surface area contributed by atoms with Crippen molar-refractivity contribution in [3.63, 3.8) is 0 Å². The standard InChI is InChI=1S/C15H21FN2O2/c1-18(14-5-3-2-4-13(14)16)15(19)8-11-20-12-6-9-17-10-7-12/h2-5,12,17H,6-11H2,1H3. The van der Waals surface area contributed by atoms with Gasteiger partial charge in [-0.05, 0) is 38.1 Å². The predicted molar refractivity (Wildman–Crippen MR) is 76.3 cm³/mol. The molecule has 110 valence electrons. The zero-order valence-electron chi connectivity index (χ0n) is 11.8. The highest BCUT2D eigenvalue weighted by molar-refractivity contribution is 5.92. The van der Waals surface area contributed by atoms with Crippen LogP contribution in [0.15, 0.2) is 24.3 Å². The molecule has 0 bridgehead atoms. The second kappa shape index (κ2) is 7.36. The van der Waals surface area contributed by atoms with Crippen molar-refractivity contribution in [2.75, 3.05) is 31.6 Å². The van der Waals surface area contributed by atoms with E-state index in [0.29, 0.717) is 12.3 Å². The number of amides is 1. The molecule has 1 heterocycles. The van der Waals surface area contributed by atoms with Gasteiger partial charge in [-0.15, -0.1) is 0 Å². The summed E-state index contributed by atoms with van der Waals surface area (Å²) in [7, 11) is 1.59. The number of ether oxygens (including phenoxy) is 1. The monoisotopic (exact) mass is 280 g/mol. The molecule has 0 saturated carbocycles. The average molecular weight is 280 g/mol. The summed E-state index contributed by atoms with van der Waals surface area (Å²) in [5, 5.41) is 3.26. The fourth-order valence-electron chi connectivity index (χ4n) is 2.30. The first-order valence-electron chi connectivity index (χ1n) is 7.02. The molecule has 0 unspecified atom stereocenters. The number of benzene rings is 1. The van der Waals surface area contributed by atoms with Gasteiger partial charge in [0.1, 0.15) is 5.82 Å². The van der Waals surface area contributed by atoms with Crippen LogP contribution in [-0.2, 0) is 9.53 Å². The molecule has 1 saturated heterocycles. The van der Waals surface area contributed by atoms with Gasteiger partial charge in [-0.25, -0.2) is 4.39 Å². The molecule has 1 aromatic rings. The third-order valence-electron chi connectivity index (χ3n) is 3.54.